The van der Waals surface area contributed by atoms with Gasteiger partial charge < -0.3 is 15.4 Å². The van der Waals surface area contributed by atoms with Gasteiger partial charge in [-0.25, -0.2) is 8.42 Å². The fourth-order valence-electron chi connectivity index (χ4n) is 1.82. The van der Waals surface area contributed by atoms with Crippen LogP contribution in [0.25, 0.3) is 0 Å². The molecule has 116 valence electrons. The number of alkyl halides is 2. The maximum absolute atomic E-state index is 12.5. The van der Waals surface area contributed by atoms with Gasteiger partial charge in [-0.3, -0.25) is 4.79 Å². The molecule has 1 atom stereocenters. The van der Waals surface area contributed by atoms with Gasteiger partial charge in [-0.2, -0.15) is 8.78 Å². The maximum Gasteiger partial charge on any atom is 0.341 e. The molecule has 6 nitrogen and oxygen atoms in total. The molecule has 21 heavy (non-hydrogen) atoms. The Kier molecular flexibility index (Phi) is 4.86. The van der Waals surface area contributed by atoms with Gasteiger partial charge in [-0.1, -0.05) is 6.07 Å². The van der Waals surface area contributed by atoms with E-state index in [9.17, 15) is 22.0 Å². The number of carbonyl (C=O) groups is 1. The van der Waals surface area contributed by atoms with E-state index in [1.165, 1.54) is 12.1 Å². The van der Waals surface area contributed by atoms with Crippen LogP contribution in [-0.4, -0.2) is 45.9 Å². The largest absolute Gasteiger partial charge is 0.378 e. The minimum absolute atomic E-state index is 0.133. The van der Waals surface area contributed by atoms with Crippen molar-refractivity contribution >= 4 is 21.4 Å². The summed E-state index contributed by atoms with van der Waals surface area (Å²) in [5, 5.41) is 5.40. The van der Waals surface area contributed by atoms with E-state index in [4.69, 9.17) is 4.74 Å². The molecule has 1 aliphatic rings. The first-order valence-corrected chi connectivity index (χ1v) is 7.70. The van der Waals surface area contributed by atoms with Gasteiger partial charge in [0.1, 0.15) is 6.04 Å². The van der Waals surface area contributed by atoms with Gasteiger partial charge in [-0.05, 0) is 18.2 Å². The molecular formula is C12H14F2N2O4S. The predicted octanol–water partition coefficient (Wildman–Crippen LogP) is 0.610. The molecule has 0 aliphatic carbocycles. The Morgan fingerprint density at radius 2 is 2.19 bits per heavy atom. The number of anilines is 1. The molecule has 9 heteroatoms. The molecule has 1 fully saturated rings. The second kappa shape index (κ2) is 6.46. The second-order valence-corrected chi connectivity index (χ2v) is 6.32. The average molecular weight is 320 g/mol. The van der Waals surface area contributed by atoms with Crippen LogP contribution in [0.2, 0.25) is 0 Å². The number of rotatable bonds is 4. The van der Waals surface area contributed by atoms with Crippen molar-refractivity contribution in [3.8, 4) is 0 Å². The van der Waals surface area contributed by atoms with E-state index in [1.54, 1.807) is 0 Å². The number of hydrogen-bond acceptors (Lipinski definition) is 5. The number of halogens is 2. The summed E-state index contributed by atoms with van der Waals surface area (Å²) in [4.78, 5) is 11.4. The minimum atomic E-state index is -4.69. The zero-order valence-electron chi connectivity index (χ0n) is 10.9. The van der Waals surface area contributed by atoms with Crippen molar-refractivity contribution in [2.45, 2.75) is 16.7 Å². The molecule has 1 saturated heterocycles. The molecule has 1 amide bonds. The lowest BCUT2D eigenvalue weighted by molar-refractivity contribution is -0.120. The summed E-state index contributed by atoms with van der Waals surface area (Å²) in [5.41, 5.74) is 0.133. The van der Waals surface area contributed by atoms with Gasteiger partial charge in [0.2, 0.25) is 15.7 Å². The van der Waals surface area contributed by atoms with Crippen molar-refractivity contribution < 1.29 is 26.7 Å². The number of sulfone groups is 1. The topological polar surface area (TPSA) is 84.5 Å². The third kappa shape index (κ3) is 3.74. The van der Waals surface area contributed by atoms with Crippen molar-refractivity contribution in [3.05, 3.63) is 24.3 Å². The third-order valence-electron chi connectivity index (χ3n) is 2.90. The van der Waals surface area contributed by atoms with Crippen LogP contribution in [0.4, 0.5) is 14.5 Å². The Hall–Kier alpha value is -1.58. The monoisotopic (exact) mass is 320 g/mol. The number of ether oxygens (including phenoxy) is 1. The van der Waals surface area contributed by atoms with Crippen molar-refractivity contribution in [1.29, 1.82) is 0 Å². The molecule has 1 aromatic carbocycles. The molecule has 0 radical (unpaired) electrons. The first-order chi connectivity index (χ1) is 9.91. The van der Waals surface area contributed by atoms with E-state index < -0.39 is 32.4 Å². The summed E-state index contributed by atoms with van der Waals surface area (Å²) in [6.07, 6.45) is 0. The molecule has 2 N–H and O–H groups in total. The minimum Gasteiger partial charge on any atom is -0.378 e. The smallest absolute Gasteiger partial charge is 0.341 e. The van der Waals surface area contributed by atoms with Crippen LogP contribution in [-0.2, 0) is 19.4 Å². The highest BCUT2D eigenvalue weighted by atomic mass is 32.2. The number of amides is 1. The Morgan fingerprint density at radius 3 is 2.81 bits per heavy atom. The van der Waals surface area contributed by atoms with Crippen molar-refractivity contribution in [1.82, 2.24) is 5.32 Å². The van der Waals surface area contributed by atoms with Gasteiger partial charge in [0.25, 0.3) is 0 Å². The van der Waals surface area contributed by atoms with Gasteiger partial charge >= 0.3 is 5.76 Å². The molecule has 1 aromatic rings. The standard InChI is InChI=1S/C12H14F2N2O4S/c13-12(14)21(18,19)9-3-1-2-8(6-9)16-11(17)10-7-20-5-4-15-10/h1-3,6,10,12,15H,4-5,7H2,(H,16,17). The number of carbonyl (C=O) groups excluding carboxylic acids is 1. The molecule has 1 heterocycles. The number of hydrogen-bond donors (Lipinski definition) is 2. The van der Waals surface area contributed by atoms with E-state index in [0.717, 1.165) is 12.1 Å². The lowest BCUT2D eigenvalue weighted by Crippen LogP contribution is -2.48. The van der Waals surface area contributed by atoms with Crippen LogP contribution in [0.1, 0.15) is 0 Å². The summed E-state index contributed by atoms with van der Waals surface area (Å²) in [6.45, 7) is 1.23. The maximum atomic E-state index is 12.5. The highest BCUT2D eigenvalue weighted by molar-refractivity contribution is 7.91. The Balaban J connectivity index is 2.13. The summed E-state index contributed by atoms with van der Waals surface area (Å²) in [7, 11) is -4.69. The highest BCUT2D eigenvalue weighted by Crippen LogP contribution is 2.21. The van der Waals surface area contributed by atoms with Gasteiger partial charge in [0, 0.05) is 12.2 Å². The first-order valence-electron chi connectivity index (χ1n) is 6.15. The molecule has 2 rings (SSSR count). The summed E-state index contributed by atoms with van der Waals surface area (Å²) in [5.74, 6) is -3.92. The lowest BCUT2D eigenvalue weighted by Gasteiger charge is -2.22. The van der Waals surface area contributed by atoms with E-state index in [-0.39, 0.29) is 12.3 Å². The van der Waals surface area contributed by atoms with Gasteiger partial charge in [0.15, 0.2) is 0 Å². The van der Waals surface area contributed by atoms with Crippen LogP contribution in [0.15, 0.2) is 29.2 Å². The van der Waals surface area contributed by atoms with E-state index in [0.29, 0.717) is 13.2 Å². The van der Waals surface area contributed by atoms with Crippen molar-refractivity contribution in [3.63, 3.8) is 0 Å². The zero-order chi connectivity index (χ0) is 15.5. The van der Waals surface area contributed by atoms with Crippen LogP contribution in [0, 0.1) is 0 Å². The van der Waals surface area contributed by atoms with E-state index >= 15 is 0 Å². The number of nitrogens with one attached hydrogen (secondary N) is 2. The molecule has 0 bridgehead atoms. The summed E-state index contributed by atoms with van der Waals surface area (Å²) < 4.78 is 52.8. The third-order valence-corrected chi connectivity index (χ3v) is 4.28. The van der Waals surface area contributed by atoms with Crippen LogP contribution >= 0.6 is 0 Å². The normalized spacial score (nSPS) is 19.5. The highest BCUT2D eigenvalue weighted by Gasteiger charge is 2.27. The fraction of sp³-hybridized carbons (Fsp3) is 0.417. The number of benzene rings is 1. The zero-order valence-corrected chi connectivity index (χ0v) is 11.7. The number of morpholine rings is 1. The quantitative estimate of drug-likeness (QED) is 0.849. The molecule has 1 unspecified atom stereocenters. The fourth-order valence-corrected chi connectivity index (χ4v) is 2.58. The first kappa shape index (κ1) is 15.8. The van der Waals surface area contributed by atoms with Crippen LogP contribution < -0.4 is 10.6 Å². The average Bonchev–Trinajstić information content (AvgIpc) is 2.48. The van der Waals surface area contributed by atoms with Crippen LogP contribution in [0.5, 0.6) is 0 Å². The van der Waals surface area contributed by atoms with E-state index in [2.05, 4.69) is 10.6 Å². The van der Waals surface area contributed by atoms with E-state index in [1.807, 2.05) is 0 Å². The predicted molar refractivity (Wildman–Crippen MR) is 70.9 cm³/mol. The second-order valence-electron chi connectivity index (χ2n) is 4.40. The van der Waals surface area contributed by atoms with Gasteiger partial charge in [0.05, 0.1) is 18.1 Å². The summed E-state index contributed by atoms with van der Waals surface area (Å²) >= 11 is 0. The van der Waals surface area contributed by atoms with Gasteiger partial charge in [-0.15, -0.1) is 0 Å². The van der Waals surface area contributed by atoms with Crippen molar-refractivity contribution in [2.24, 2.45) is 0 Å². The SMILES string of the molecule is O=C(Nc1cccc(S(=O)(=O)C(F)F)c1)C1COCCN1. The Bertz CT molecular complexity index is 615. The Labute approximate surface area is 120 Å². The van der Waals surface area contributed by atoms with Crippen molar-refractivity contribution in [2.75, 3.05) is 25.1 Å². The summed E-state index contributed by atoms with van der Waals surface area (Å²) in [6, 6.07) is 4.21. The molecule has 1 aliphatic heterocycles. The lowest BCUT2D eigenvalue weighted by atomic mass is 10.2. The molecule has 0 saturated carbocycles. The molecule has 0 aromatic heterocycles. The molecular weight excluding hydrogens is 306 g/mol. The molecule has 0 spiro atoms. The Morgan fingerprint density at radius 1 is 1.43 bits per heavy atom. The van der Waals surface area contributed by atoms with Crippen LogP contribution in [0.3, 0.4) is 0 Å².